The molecular formula is C22H27N3O. The van der Waals surface area contributed by atoms with Gasteiger partial charge in [-0.2, -0.15) is 0 Å². The van der Waals surface area contributed by atoms with Crippen molar-refractivity contribution in [1.82, 2.24) is 14.8 Å². The Hall–Kier alpha value is -2.20. The summed E-state index contributed by atoms with van der Waals surface area (Å²) in [6.45, 7) is 4.47. The summed E-state index contributed by atoms with van der Waals surface area (Å²) < 4.78 is 0. The molecule has 2 fully saturated rings. The van der Waals surface area contributed by atoms with E-state index in [9.17, 15) is 4.79 Å². The van der Waals surface area contributed by atoms with Gasteiger partial charge >= 0.3 is 0 Å². The zero-order valence-electron chi connectivity index (χ0n) is 15.3. The minimum atomic E-state index is -0.163. The fraction of sp³-hybridized carbons (Fsp3) is 0.455. The van der Waals surface area contributed by atoms with E-state index in [1.807, 2.05) is 24.4 Å². The lowest BCUT2D eigenvalue weighted by molar-refractivity contribution is -0.145. The Kier molecular flexibility index (Phi) is 5.02. The van der Waals surface area contributed by atoms with Gasteiger partial charge in [0.2, 0.25) is 5.91 Å². The molecule has 0 radical (unpaired) electrons. The molecule has 2 aliphatic heterocycles. The van der Waals surface area contributed by atoms with Crippen LogP contribution in [0.1, 0.15) is 30.5 Å². The van der Waals surface area contributed by atoms with Crippen molar-refractivity contribution in [2.75, 3.05) is 26.2 Å². The van der Waals surface area contributed by atoms with Crippen LogP contribution < -0.4 is 0 Å². The van der Waals surface area contributed by atoms with Gasteiger partial charge in [0.1, 0.15) is 0 Å². The van der Waals surface area contributed by atoms with E-state index in [0.717, 1.165) is 64.1 Å². The van der Waals surface area contributed by atoms with Gasteiger partial charge in [-0.1, -0.05) is 36.4 Å². The van der Waals surface area contributed by atoms with Gasteiger partial charge in [-0.05, 0) is 49.9 Å². The molecule has 4 rings (SSSR count). The molecule has 26 heavy (non-hydrogen) atoms. The van der Waals surface area contributed by atoms with Gasteiger partial charge in [-0.15, -0.1) is 0 Å². The minimum absolute atomic E-state index is 0.163. The van der Waals surface area contributed by atoms with Gasteiger partial charge < -0.3 is 4.90 Å². The van der Waals surface area contributed by atoms with Crippen LogP contribution in [0.2, 0.25) is 0 Å². The van der Waals surface area contributed by atoms with E-state index in [2.05, 4.69) is 45.1 Å². The van der Waals surface area contributed by atoms with E-state index >= 15 is 0 Å². The molecule has 0 aliphatic carbocycles. The van der Waals surface area contributed by atoms with Crippen LogP contribution in [0, 0.1) is 5.41 Å². The SMILES string of the molecule is O=C1N(CCc2ccccc2)CCCC12CCN(Cc1ccccn1)C2. The smallest absolute Gasteiger partial charge is 0.230 e. The van der Waals surface area contributed by atoms with Crippen LogP contribution in [0.15, 0.2) is 54.7 Å². The first-order valence-corrected chi connectivity index (χ1v) is 9.71. The van der Waals surface area contributed by atoms with Crippen molar-refractivity contribution in [3.8, 4) is 0 Å². The maximum Gasteiger partial charge on any atom is 0.230 e. The first-order valence-electron chi connectivity index (χ1n) is 9.71. The number of aromatic nitrogens is 1. The molecule has 1 aromatic heterocycles. The maximum absolute atomic E-state index is 13.3. The Bertz CT molecular complexity index is 734. The third-order valence-electron chi connectivity index (χ3n) is 5.88. The van der Waals surface area contributed by atoms with Crippen molar-refractivity contribution in [3.05, 3.63) is 66.0 Å². The monoisotopic (exact) mass is 349 g/mol. The van der Waals surface area contributed by atoms with Crippen LogP contribution in [0.4, 0.5) is 0 Å². The van der Waals surface area contributed by atoms with Crippen LogP contribution >= 0.6 is 0 Å². The van der Waals surface area contributed by atoms with Gasteiger partial charge in [-0.25, -0.2) is 0 Å². The number of benzene rings is 1. The molecule has 2 aliphatic rings. The number of hydrogen-bond donors (Lipinski definition) is 0. The highest BCUT2D eigenvalue weighted by Gasteiger charge is 2.48. The fourth-order valence-corrected chi connectivity index (χ4v) is 4.47. The average Bonchev–Trinajstić information content (AvgIpc) is 3.08. The maximum atomic E-state index is 13.3. The third kappa shape index (κ3) is 3.65. The summed E-state index contributed by atoms with van der Waals surface area (Å²) in [7, 11) is 0. The number of carbonyl (C=O) groups excluding carboxylic acids is 1. The molecule has 2 aromatic rings. The third-order valence-corrected chi connectivity index (χ3v) is 5.88. The highest BCUT2D eigenvalue weighted by atomic mass is 16.2. The van der Waals surface area contributed by atoms with Crippen molar-refractivity contribution in [2.24, 2.45) is 5.41 Å². The fourth-order valence-electron chi connectivity index (χ4n) is 4.47. The number of carbonyl (C=O) groups is 1. The number of hydrogen-bond acceptors (Lipinski definition) is 3. The van der Waals surface area contributed by atoms with Gasteiger partial charge in [0.25, 0.3) is 0 Å². The lowest BCUT2D eigenvalue weighted by atomic mass is 9.78. The summed E-state index contributed by atoms with van der Waals surface area (Å²) in [5.41, 5.74) is 2.24. The average molecular weight is 349 g/mol. The summed E-state index contributed by atoms with van der Waals surface area (Å²) >= 11 is 0. The summed E-state index contributed by atoms with van der Waals surface area (Å²) in [6.07, 6.45) is 5.93. The van der Waals surface area contributed by atoms with Crippen molar-refractivity contribution >= 4 is 5.91 Å². The molecule has 4 heteroatoms. The molecule has 3 heterocycles. The molecule has 1 atom stereocenters. The Morgan fingerprint density at radius 1 is 1.00 bits per heavy atom. The molecule has 0 N–H and O–H groups in total. The first-order chi connectivity index (χ1) is 12.8. The number of pyridine rings is 1. The first kappa shape index (κ1) is 17.2. The Morgan fingerprint density at radius 2 is 1.85 bits per heavy atom. The zero-order chi connectivity index (χ0) is 17.8. The van der Waals surface area contributed by atoms with Crippen molar-refractivity contribution in [2.45, 2.75) is 32.2 Å². The lowest BCUT2D eigenvalue weighted by Gasteiger charge is -2.39. The summed E-state index contributed by atoms with van der Waals surface area (Å²) in [5.74, 6) is 0.378. The molecular weight excluding hydrogens is 322 g/mol. The number of nitrogens with zero attached hydrogens (tertiary/aromatic N) is 3. The lowest BCUT2D eigenvalue weighted by Crippen LogP contribution is -2.50. The van der Waals surface area contributed by atoms with E-state index in [4.69, 9.17) is 0 Å². The van der Waals surface area contributed by atoms with Crippen LogP contribution in [0.25, 0.3) is 0 Å². The summed E-state index contributed by atoms with van der Waals surface area (Å²) in [4.78, 5) is 22.2. The predicted octanol–water partition coefficient (Wildman–Crippen LogP) is 3.14. The number of likely N-dealkylation sites (tertiary alicyclic amines) is 2. The van der Waals surface area contributed by atoms with Crippen LogP contribution in [0.3, 0.4) is 0 Å². The normalized spacial score (nSPS) is 23.7. The van der Waals surface area contributed by atoms with E-state index in [1.165, 1.54) is 5.56 Å². The van der Waals surface area contributed by atoms with Crippen molar-refractivity contribution in [1.29, 1.82) is 0 Å². The molecule has 2 saturated heterocycles. The number of rotatable bonds is 5. The summed E-state index contributed by atoms with van der Waals surface area (Å²) in [5, 5.41) is 0. The molecule has 0 saturated carbocycles. The molecule has 1 amide bonds. The molecule has 136 valence electrons. The van der Waals surface area contributed by atoms with Crippen LogP contribution in [0.5, 0.6) is 0 Å². The largest absolute Gasteiger partial charge is 0.342 e. The molecule has 1 unspecified atom stereocenters. The van der Waals surface area contributed by atoms with E-state index in [1.54, 1.807) is 0 Å². The zero-order valence-corrected chi connectivity index (χ0v) is 15.3. The molecule has 4 nitrogen and oxygen atoms in total. The Balaban J connectivity index is 1.38. The second kappa shape index (κ2) is 7.58. The van der Waals surface area contributed by atoms with Crippen molar-refractivity contribution in [3.63, 3.8) is 0 Å². The van der Waals surface area contributed by atoms with Crippen molar-refractivity contribution < 1.29 is 4.79 Å². The molecule has 0 bridgehead atoms. The van der Waals surface area contributed by atoms with Gasteiger partial charge in [0.15, 0.2) is 0 Å². The summed E-state index contributed by atoms with van der Waals surface area (Å²) in [6, 6.07) is 16.5. The Morgan fingerprint density at radius 3 is 2.65 bits per heavy atom. The highest BCUT2D eigenvalue weighted by Crippen LogP contribution is 2.40. The van der Waals surface area contributed by atoms with Gasteiger partial charge in [0, 0.05) is 32.4 Å². The quantitative estimate of drug-likeness (QED) is 0.832. The van der Waals surface area contributed by atoms with Crippen LogP contribution in [-0.2, 0) is 17.8 Å². The number of piperidine rings is 1. The Labute approximate surface area is 155 Å². The molecule has 1 aromatic carbocycles. The predicted molar refractivity (Wildman–Crippen MR) is 103 cm³/mol. The molecule has 1 spiro atoms. The number of amides is 1. The second-order valence-electron chi connectivity index (χ2n) is 7.69. The van der Waals surface area contributed by atoms with Gasteiger partial charge in [0.05, 0.1) is 11.1 Å². The standard InChI is InChI=1S/C22H27N3O/c26-21-22(12-16-24(18-22)17-20-9-4-5-13-23-20)11-6-14-25(21)15-10-19-7-2-1-3-8-19/h1-5,7-9,13H,6,10-12,14-18H2. The van der Waals surface area contributed by atoms with E-state index < -0.39 is 0 Å². The topological polar surface area (TPSA) is 36.4 Å². The van der Waals surface area contributed by atoms with E-state index in [-0.39, 0.29) is 5.41 Å². The van der Waals surface area contributed by atoms with E-state index in [0.29, 0.717) is 5.91 Å². The second-order valence-corrected chi connectivity index (χ2v) is 7.69. The minimum Gasteiger partial charge on any atom is -0.342 e. The highest BCUT2D eigenvalue weighted by molar-refractivity contribution is 5.84. The van der Waals surface area contributed by atoms with Crippen LogP contribution in [-0.4, -0.2) is 46.9 Å². The van der Waals surface area contributed by atoms with Gasteiger partial charge in [-0.3, -0.25) is 14.7 Å².